The first-order valence-corrected chi connectivity index (χ1v) is 7.96. The highest BCUT2D eigenvalue weighted by Crippen LogP contribution is 2.28. The smallest absolute Gasteiger partial charge is 0.257 e. The van der Waals surface area contributed by atoms with Gasteiger partial charge in [-0.3, -0.25) is 4.79 Å². The summed E-state index contributed by atoms with van der Waals surface area (Å²) >= 11 is 7.19. The van der Waals surface area contributed by atoms with Gasteiger partial charge in [0.1, 0.15) is 5.52 Å². The van der Waals surface area contributed by atoms with Crippen molar-refractivity contribution in [3.8, 4) is 0 Å². The van der Waals surface area contributed by atoms with Crippen LogP contribution in [-0.2, 0) is 4.79 Å². The number of halogens is 1. The molecule has 0 radical (unpaired) electrons. The van der Waals surface area contributed by atoms with Gasteiger partial charge in [-0.15, -0.1) is 0 Å². The molecule has 0 bridgehead atoms. The molecule has 0 unspecified atom stereocenters. The van der Waals surface area contributed by atoms with Crippen LogP contribution in [0.2, 0.25) is 5.02 Å². The molecular weight excluding hydrogens is 320 g/mol. The Kier molecular flexibility index (Phi) is 4.36. The van der Waals surface area contributed by atoms with Gasteiger partial charge in [0, 0.05) is 16.8 Å². The Morgan fingerprint density at radius 1 is 1.27 bits per heavy atom. The SMILES string of the molecule is C[C@@H](Sc1nc2ccc(Cl)cc2o1)C(=O)Nc1ccccc1. The Balaban J connectivity index is 1.69. The van der Waals surface area contributed by atoms with Crippen molar-refractivity contribution in [3.05, 3.63) is 53.6 Å². The number of aromatic nitrogens is 1. The van der Waals surface area contributed by atoms with Gasteiger partial charge in [0.05, 0.1) is 5.25 Å². The van der Waals surface area contributed by atoms with Gasteiger partial charge in [-0.1, -0.05) is 41.6 Å². The van der Waals surface area contributed by atoms with Crippen LogP contribution in [0.1, 0.15) is 6.92 Å². The Hall–Kier alpha value is -1.98. The lowest BCUT2D eigenvalue weighted by Gasteiger charge is -2.09. The number of rotatable bonds is 4. The number of hydrogen-bond acceptors (Lipinski definition) is 4. The molecular formula is C16H13ClN2O2S. The summed E-state index contributed by atoms with van der Waals surface area (Å²) < 4.78 is 5.61. The van der Waals surface area contributed by atoms with Gasteiger partial charge in [0.2, 0.25) is 5.91 Å². The molecule has 1 aromatic heterocycles. The molecule has 2 aromatic carbocycles. The number of thioether (sulfide) groups is 1. The highest BCUT2D eigenvalue weighted by atomic mass is 35.5. The Bertz CT molecular complexity index is 804. The number of carbonyl (C=O) groups is 1. The van der Waals surface area contributed by atoms with Crippen molar-refractivity contribution in [2.75, 3.05) is 5.32 Å². The monoisotopic (exact) mass is 332 g/mol. The molecule has 0 spiro atoms. The Labute approximate surface area is 136 Å². The molecule has 1 amide bonds. The molecule has 6 heteroatoms. The molecule has 1 atom stereocenters. The van der Waals surface area contributed by atoms with E-state index < -0.39 is 0 Å². The van der Waals surface area contributed by atoms with E-state index in [4.69, 9.17) is 16.0 Å². The standard InChI is InChI=1S/C16H13ClN2O2S/c1-10(15(20)18-12-5-3-2-4-6-12)22-16-19-13-8-7-11(17)9-14(13)21-16/h2-10H,1H3,(H,18,20)/t10-/m1/s1. The van der Waals surface area contributed by atoms with E-state index >= 15 is 0 Å². The van der Waals surface area contributed by atoms with Gasteiger partial charge in [0.25, 0.3) is 5.22 Å². The van der Waals surface area contributed by atoms with E-state index in [2.05, 4.69) is 10.3 Å². The molecule has 0 aliphatic heterocycles. The maximum atomic E-state index is 12.2. The lowest BCUT2D eigenvalue weighted by atomic mass is 10.3. The van der Waals surface area contributed by atoms with Crippen LogP contribution >= 0.6 is 23.4 Å². The summed E-state index contributed by atoms with van der Waals surface area (Å²) in [5, 5.41) is 3.57. The van der Waals surface area contributed by atoms with Crippen LogP contribution < -0.4 is 5.32 Å². The zero-order valence-corrected chi connectivity index (χ0v) is 13.3. The largest absolute Gasteiger partial charge is 0.431 e. The average molecular weight is 333 g/mol. The van der Waals surface area contributed by atoms with Crippen molar-refractivity contribution >= 4 is 46.1 Å². The zero-order valence-electron chi connectivity index (χ0n) is 11.7. The minimum atomic E-state index is -0.330. The van der Waals surface area contributed by atoms with Crippen LogP contribution in [0.4, 0.5) is 5.69 Å². The summed E-state index contributed by atoms with van der Waals surface area (Å²) in [7, 11) is 0. The Morgan fingerprint density at radius 2 is 2.05 bits per heavy atom. The van der Waals surface area contributed by atoms with Crippen LogP contribution in [0.3, 0.4) is 0 Å². The van der Waals surface area contributed by atoms with Crippen molar-refractivity contribution in [1.82, 2.24) is 4.98 Å². The molecule has 0 aliphatic carbocycles. The number of anilines is 1. The van der Waals surface area contributed by atoms with E-state index in [0.717, 1.165) is 11.2 Å². The van der Waals surface area contributed by atoms with E-state index in [1.807, 2.05) is 37.3 Å². The van der Waals surface area contributed by atoms with Crippen molar-refractivity contribution < 1.29 is 9.21 Å². The average Bonchev–Trinajstić information content (AvgIpc) is 2.89. The molecule has 0 aliphatic rings. The van der Waals surface area contributed by atoms with Crippen LogP contribution in [0.25, 0.3) is 11.1 Å². The van der Waals surface area contributed by atoms with Gasteiger partial charge >= 0.3 is 0 Å². The first-order chi connectivity index (χ1) is 10.6. The molecule has 112 valence electrons. The number of benzene rings is 2. The number of fused-ring (bicyclic) bond motifs is 1. The molecule has 0 fully saturated rings. The lowest BCUT2D eigenvalue weighted by molar-refractivity contribution is -0.115. The number of nitrogens with zero attached hydrogens (tertiary/aromatic N) is 1. The molecule has 1 N–H and O–H groups in total. The highest BCUT2D eigenvalue weighted by molar-refractivity contribution is 8.00. The van der Waals surface area contributed by atoms with Crippen LogP contribution in [-0.4, -0.2) is 16.1 Å². The highest BCUT2D eigenvalue weighted by Gasteiger charge is 2.18. The van der Waals surface area contributed by atoms with E-state index in [0.29, 0.717) is 15.8 Å². The van der Waals surface area contributed by atoms with E-state index in [1.54, 1.807) is 18.2 Å². The topological polar surface area (TPSA) is 55.1 Å². The van der Waals surface area contributed by atoms with Crippen molar-refractivity contribution in [2.24, 2.45) is 0 Å². The fraction of sp³-hybridized carbons (Fsp3) is 0.125. The quantitative estimate of drug-likeness (QED) is 0.709. The molecule has 0 saturated heterocycles. The second-order valence-corrected chi connectivity index (χ2v) is 6.44. The van der Waals surface area contributed by atoms with Crippen molar-refractivity contribution in [1.29, 1.82) is 0 Å². The first-order valence-electron chi connectivity index (χ1n) is 6.70. The van der Waals surface area contributed by atoms with Gasteiger partial charge in [-0.2, -0.15) is 0 Å². The van der Waals surface area contributed by atoms with E-state index in [-0.39, 0.29) is 11.2 Å². The predicted molar refractivity (Wildman–Crippen MR) is 89.4 cm³/mol. The maximum Gasteiger partial charge on any atom is 0.257 e. The Morgan fingerprint density at radius 3 is 2.82 bits per heavy atom. The summed E-state index contributed by atoms with van der Waals surface area (Å²) in [6, 6.07) is 14.6. The van der Waals surface area contributed by atoms with Crippen LogP contribution in [0.5, 0.6) is 0 Å². The van der Waals surface area contributed by atoms with E-state index in [1.165, 1.54) is 11.8 Å². The normalized spacial score (nSPS) is 12.3. The summed E-state index contributed by atoms with van der Waals surface area (Å²) in [5.74, 6) is -0.100. The van der Waals surface area contributed by atoms with E-state index in [9.17, 15) is 4.79 Å². The number of hydrogen-bond donors (Lipinski definition) is 1. The number of oxazole rings is 1. The molecule has 22 heavy (non-hydrogen) atoms. The number of amides is 1. The van der Waals surface area contributed by atoms with Crippen LogP contribution in [0, 0.1) is 0 Å². The fourth-order valence-electron chi connectivity index (χ4n) is 1.90. The predicted octanol–water partition coefficient (Wildman–Crippen LogP) is 4.60. The van der Waals surface area contributed by atoms with Gasteiger partial charge in [0.15, 0.2) is 5.58 Å². The molecule has 0 saturated carbocycles. The molecule has 3 rings (SSSR count). The van der Waals surface area contributed by atoms with Gasteiger partial charge in [-0.05, 0) is 31.2 Å². The summed E-state index contributed by atoms with van der Waals surface area (Å²) in [5.41, 5.74) is 2.11. The first kappa shape index (κ1) is 14.9. The number of nitrogens with one attached hydrogen (secondary N) is 1. The number of carbonyl (C=O) groups excluding carboxylic acids is 1. The fourth-order valence-corrected chi connectivity index (χ4v) is 2.82. The van der Waals surface area contributed by atoms with Crippen molar-refractivity contribution in [2.45, 2.75) is 17.4 Å². The zero-order chi connectivity index (χ0) is 15.5. The molecule has 3 aromatic rings. The van der Waals surface area contributed by atoms with Gasteiger partial charge < -0.3 is 9.73 Å². The molecule has 4 nitrogen and oxygen atoms in total. The second kappa shape index (κ2) is 6.42. The minimum absolute atomic E-state index is 0.100. The summed E-state index contributed by atoms with van der Waals surface area (Å²) in [6.07, 6.45) is 0. The number of para-hydroxylation sites is 1. The van der Waals surface area contributed by atoms with Gasteiger partial charge in [-0.25, -0.2) is 4.98 Å². The van der Waals surface area contributed by atoms with Crippen LogP contribution in [0.15, 0.2) is 58.2 Å². The summed E-state index contributed by atoms with van der Waals surface area (Å²) in [6.45, 7) is 1.81. The maximum absolute atomic E-state index is 12.2. The molecule has 1 heterocycles. The third-order valence-corrected chi connectivity index (χ3v) is 4.20. The second-order valence-electron chi connectivity index (χ2n) is 4.71. The lowest BCUT2D eigenvalue weighted by Crippen LogP contribution is -2.22. The third-order valence-electron chi connectivity index (χ3n) is 3.02. The minimum Gasteiger partial charge on any atom is -0.431 e. The third kappa shape index (κ3) is 3.43. The van der Waals surface area contributed by atoms with Crippen molar-refractivity contribution in [3.63, 3.8) is 0 Å². The summed E-state index contributed by atoms with van der Waals surface area (Å²) in [4.78, 5) is 16.5.